The lowest BCUT2D eigenvalue weighted by atomic mass is 10.0. The molecular weight excluding hydrogens is 343 g/mol. The molecule has 0 unspecified atom stereocenters. The van der Waals surface area contributed by atoms with Gasteiger partial charge in [0, 0.05) is 33.3 Å². The number of fused-ring (bicyclic) bond motifs is 2. The molecule has 0 saturated heterocycles. The Hall–Kier alpha value is -1.64. The summed E-state index contributed by atoms with van der Waals surface area (Å²) in [4.78, 5) is 0. The molecule has 0 amide bonds. The molecule has 0 aliphatic heterocycles. The molecule has 24 heavy (non-hydrogen) atoms. The number of alkyl halides is 2. The van der Waals surface area contributed by atoms with E-state index in [1.165, 1.54) is 0 Å². The summed E-state index contributed by atoms with van der Waals surface area (Å²) in [5.41, 5.74) is 0. The largest absolute Gasteiger partial charge is 0.492 e. The Labute approximate surface area is 152 Å². The molecule has 0 fully saturated rings. The van der Waals surface area contributed by atoms with E-state index in [4.69, 9.17) is 32.7 Å². The van der Waals surface area contributed by atoms with Gasteiger partial charge in [-0.2, -0.15) is 0 Å². The molecule has 3 rings (SSSR count). The van der Waals surface area contributed by atoms with E-state index in [1.54, 1.807) is 0 Å². The minimum Gasteiger partial charge on any atom is -0.492 e. The summed E-state index contributed by atoms with van der Waals surface area (Å²) in [6, 6.07) is 16.4. The summed E-state index contributed by atoms with van der Waals surface area (Å²) in [5, 5.41) is 4.25. The lowest BCUT2D eigenvalue weighted by Gasteiger charge is -2.17. The van der Waals surface area contributed by atoms with Gasteiger partial charge < -0.3 is 9.47 Å². The Kier molecular flexibility index (Phi) is 6.06. The van der Waals surface area contributed by atoms with E-state index in [9.17, 15) is 0 Å². The van der Waals surface area contributed by atoms with Crippen molar-refractivity contribution in [1.82, 2.24) is 0 Å². The number of ether oxygens (including phenoxy) is 2. The van der Waals surface area contributed by atoms with Gasteiger partial charge in [0.05, 0.1) is 13.2 Å². The van der Waals surface area contributed by atoms with E-state index in [1.807, 2.05) is 24.3 Å². The molecule has 0 spiro atoms. The minimum absolute atomic E-state index is 0.593. The third-order valence-corrected chi connectivity index (χ3v) is 4.42. The Morgan fingerprint density at radius 2 is 0.917 bits per heavy atom. The molecule has 126 valence electrons. The van der Waals surface area contributed by atoms with Gasteiger partial charge in [-0.1, -0.05) is 48.5 Å². The standard InChI is InChI=1S/C20H20Cl2O2/c21-11-5-13-23-19-15-7-1-2-8-16(15)20(24-14-6-12-22)18-10-4-3-9-17(18)19/h1-4,7-10H,5-6,11-14H2. The van der Waals surface area contributed by atoms with Crippen molar-refractivity contribution in [2.75, 3.05) is 25.0 Å². The topological polar surface area (TPSA) is 18.5 Å². The molecule has 0 N–H and O–H groups in total. The third kappa shape index (κ3) is 3.55. The SMILES string of the molecule is ClCCCOc1c2ccccc2c(OCCCCl)c2ccccc12. The van der Waals surface area contributed by atoms with Crippen LogP contribution in [0.4, 0.5) is 0 Å². The molecule has 0 atom stereocenters. The predicted molar refractivity (Wildman–Crippen MR) is 103 cm³/mol. The molecule has 0 heterocycles. The van der Waals surface area contributed by atoms with E-state index in [0.29, 0.717) is 25.0 Å². The molecule has 0 aliphatic rings. The van der Waals surface area contributed by atoms with E-state index in [-0.39, 0.29) is 0 Å². The average Bonchev–Trinajstić information content (AvgIpc) is 2.63. The average molecular weight is 363 g/mol. The molecule has 0 bridgehead atoms. The van der Waals surface area contributed by atoms with Crippen LogP contribution in [0.2, 0.25) is 0 Å². The predicted octanol–water partition coefficient (Wildman–Crippen LogP) is 6.01. The van der Waals surface area contributed by atoms with Crippen molar-refractivity contribution in [3.8, 4) is 11.5 Å². The van der Waals surface area contributed by atoms with Crippen molar-refractivity contribution < 1.29 is 9.47 Å². The van der Waals surface area contributed by atoms with E-state index in [0.717, 1.165) is 45.9 Å². The van der Waals surface area contributed by atoms with Crippen molar-refractivity contribution in [3.63, 3.8) is 0 Å². The van der Waals surface area contributed by atoms with Crippen LogP contribution in [0, 0.1) is 0 Å². The maximum atomic E-state index is 6.09. The first-order valence-electron chi connectivity index (χ1n) is 8.17. The third-order valence-electron chi connectivity index (χ3n) is 3.88. The number of benzene rings is 3. The highest BCUT2D eigenvalue weighted by molar-refractivity contribution is 6.18. The molecule has 0 aromatic heterocycles. The van der Waals surface area contributed by atoms with Crippen LogP contribution >= 0.6 is 23.2 Å². The molecule has 2 nitrogen and oxygen atoms in total. The smallest absolute Gasteiger partial charge is 0.135 e. The van der Waals surface area contributed by atoms with Crippen LogP contribution in [0.25, 0.3) is 21.5 Å². The normalized spacial score (nSPS) is 11.1. The quantitative estimate of drug-likeness (QED) is 0.277. The highest BCUT2D eigenvalue weighted by atomic mass is 35.5. The van der Waals surface area contributed by atoms with Crippen LogP contribution in [0.15, 0.2) is 48.5 Å². The van der Waals surface area contributed by atoms with Gasteiger partial charge in [0.2, 0.25) is 0 Å². The second kappa shape index (κ2) is 8.46. The van der Waals surface area contributed by atoms with Gasteiger partial charge in [0.15, 0.2) is 0 Å². The van der Waals surface area contributed by atoms with Gasteiger partial charge >= 0.3 is 0 Å². The maximum absolute atomic E-state index is 6.09. The highest BCUT2D eigenvalue weighted by Crippen LogP contribution is 2.42. The Morgan fingerprint density at radius 1 is 0.583 bits per heavy atom. The molecule has 3 aromatic carbocycles. The summed E-state index contributed by atoms with van der Waals surface area (Å²) >= 11 is 11.6. The van der Waals surface area contributed by atoms with Crippen LogP contribution in [0.3, 0.4) is 0 Å². The van der Waals surface area contributed by atoms with Crippen molar-refractivity contribution in [3.05, 3.63) is 48.5 Å². The zero-order valence-electron chi connectivity index (χ0n) is 13.4. The number of rotatable bonds is 8. The van der Waals surface area contributed by atoms with Gasteiger partial charge in [-0.05, 0) is 12.8 Å². The Morgan fingerprint density at radius 3 is 1.21 bits per heavy atom. The first-order valence-corrected chi connectivity index (χ1v) is 9.24. The lowest BCUT2D eigenvalue weighted by molar-refractivity contribution is 0.320. The van der Waals surface area contributed by atoms with Crippen LogP contribution in [0.5, 0.6) is 11.5 Å². The molecule has 4 heteroatoms. The minimum atomic E-state index is 0.593. The molecule has 0 radical (unpaired) electrons. The van der Waals surface area contributed by atoms with Crippen molar-refractivity contribution in [2.24, 2.45) is 0 Å². The zero-order chi connectivity index (χ0) is 16.8. The van der Waals surface area contributed by atoms with Crippen LogP contribution in [-0.2, 0) is 0 Å². The monoisotopic (exact) mass is 362 g/mol. The number of hydrogen-bond donors (Lipinski definition) is 0. The second-order valence-corrected chi connectivity index (χ2v) is 6.29. The van der Waals surface area contributed by atoms with E-state index in [2.05, 4.69) is 24.3 Å². The van der Waals surface area contributed by atoms with Gasteiger partial charge in [-0.15, -0.1) is 23.2 Å². The summed E-state index contributed by atoms with van der Waals surface area (Å²) in [6.07, 6.45) is 1.64. The fourth-order valence-electron chi connectivity index (χ4n) is 2.82. The first-order chi connectivity index (χ1) is 11.9. The van der Waals surface area contributed by atoms with Crippen LogP contribution < -0.4 is 9.47 Å². The van der Waals surface area contributed by atoms with Crippen LogP contribution in [0.1, 0.15) is 12.8 Å². The van der Waals surface area contributed by atoms with Crippen molar-refractivity contribution in [2.45, 2.75) is 12.8 Å². The molecule has 0 saturated carbocycles. The molecule has 0 aliphatic carbocycles. The summed E-state index contributed by atoms with van der Waals surface area (Å²) in [6.45, 7) is 1.20. The number of hydrogen-bond acceptors (Lipinski definition) is 2. The molecule has 3 aromatic rings. The van der Waals surface area contributed by atoms with Gasteiger partial charge in [0.25, 0.3) is 0 Å². The maximum Gasteiger partial charge on any atom is 0.135 e. The highest BCUT2D eigenvalue weighted by Gasteiger charge is 2.15. The Bertz CT molecular complexity index is 692. The van der Waals surface area contributed by atoms with Crippen LogP contribution in [-0.4, -0.2) is 25.0 Å². The van der Waals surface area contributed by atoms with Crippen molar-refractivity contribution in [1.29, 1.82) is 0 Å². The van der Waals surface area contributed by atoms with Gasteiger partial charge in [-0.25, -0.2) is 0 Å². The fraction of sp³-hybridized carbons (Fsp3) is 0.300. The lowest BCUT2D eigenvalue weighted by Crippen LogP contribution is -2.02. The van der Waals surface area contributed by atoms with Gasteiger partial charge in [0.1, 0.15) is 11.5 Å². The number of halogens is 2. The summed E-state index contributed by atoms with van der Waals surface area (Å²) < 4.78 is 12.2. The van der Waals surface area contributed by atoms with E-state index >= 15 is 0 Å². The van der Waals surface area contributed by atoms with E-state index < -0.39 is 0 Å². The zero-order valence-corrected chi connectivity index (χ0v) is 14.9. The Balaban J connectivity index is 2.17. The molecular formula is C20H20Cl2O2. The summed E-state index contributed by atoms with van der Waals surface area (Å²) in [5.74, 6) is 2.98. The second-order valence-electron chi connectivity index (χ2n) is 5.53. The van der Waals surface area contributed by atoms with Crippen molar-refractivity contribution >= 4 is 44.7 Å². The van der Waals surface area contributed by atoms with Gasteiger partial charge in [-0.3, -0.25) is 0 Å². The fourth-order valence-corrected chi connectivity index (χ4v) is 3.04. The summed E-state index contributed by atoms with van der Waals surface area (Å²) in [7, 11) is 0. The first kappa shape index (κ1) is 17.2.